The Morgan fingerprint density at radius 2 is 2.20 bits per heavy atom. The summed E-state index contributed by atoms with van der Waals surface area (Å²) in [5, 5.41) is 14.7. The minimum Gasteiger partial charge on any atom is -0.480 e. The van der Waals surface area contributed by atoms with Crippen molar-refractivity contribution < 1.29 is 23.1 Å². The van der Waals surface area contributed by atoms with Gasteiger partial charge >= 0.3 is 5.97 Å². The van der Waals surface area contributed by atoms with Crippen LogP contribution >= 0.6 is 0 Å². The molecule has 112 valence electrons. The van der Waals surface area contributed by atoms with Crippen LogP contribution in [-0.4, -0.2) is 53.2 Å². The molecule has 1 aromatic rings. The molecule has 1 unspecified atom stereocenters. The van der Waals surface area contributed by atoms with Crippen molar-refractivity contribution in [2.45, 2.75) is 19.0 Å². The summed E-state index contributed by atoms with van der Waals surface area (Å²) in [5.74, 6) is -1.79. The van der Waals surface area contributed by atoms with Crippen LogP contribution in [0.5, 0.6) is 0 Å². The normalized spacial score (nSPS) is 12.9. The summed E-state index contributed by atoms with van der Waals surface area (Å²) >= 11 is 0. The van der Waals surface area contributed by atoms with E-state index >= 15 is 0 Å². The highest BCUT2D eigenvalue weighted by atomic mass is 32.2. The Labute approximate surface area is 115 Å². The summed E-state index contributed by atoms with van der Waals surface area (Å²) in [6.07, 6.45) is 3.70. The van der Waals surface area contributed by atoms with Crippen molar-refractivity contribution in [1.82, 2.24) is 9.78 Å². The van der Waals surface area contributed by atoms with Crippen LogP contribution < -0.4 is 11.1 Å². The highest BCUT2D eigenvalue weighted by Crippen LogP contribution is 2.06. The SMILES string of the molecule is CS(=O)(=O)CCC(N)C(=O)Nc1cnn(CC(=O)O)c1. The lowest BCUT2D eigenvalue weighted by atomic mass is 10.2. The molecule has 0 aliphatic rings. The predicted octanol–water partition coefficient (Wildman–Crippen LogP) is -1.33. The summed E-state index contributed by atoms with van der Waals surface area (Å²) in [6.45, 7) is -0.323. The molecule has 0 saturated heterocycles. The van der Waals surface area contributed by atoms with E-state index in [1.54, 1.807) is 0 Å². The third-order valence-electron chi connectivity index (χ3n) is 2.33. The van der Waals surface area contributed by atoms with Crippen molar-refractivity contribution >= 4 is 27.4 Å². The summed E-state index contributed by atoms with van der Waals surface area (Å²) in [4.78, 5) is 22.1. The molecule has 0 saturated carbocycles. The average Bonchev–Trinajstić information content (AvgIpc) is 2.71. The fraction of sp³-hybridized carbons (Fsp3) is 0.500. The van der Waals surface area contributed by atoms with Crippen molar-refractivity contribution in [3.63, 3.8) is 0 Å². The number of carboxylic acids is 1. The Hall–Kier alpha value is -1.94. The number of anilines is 1. The van der Waals surface area contributed by atoms with Crippen LogP contribution in [0.2, 0.25) is 0 Å². The Balaban J connectivity index is 2.53. The van der Waals surface area contributed by atoms with Crippen LogP contribution in [-0.2, 0) is 26.0 Å². The number of amides is 1. The van der Waals surface area contributed by atoms with E-state index in [2.05, 4.69) is 10.4 Å². The minimum atomic E-state index is -3.18. The number of carbonyl (C=O) groups excluding carboxylic acids is 1. The molecule has 10 heteroatoms. The number of aromatic nitrogens is 2. The molecule has 4 N–H and O–H groups in total. The fourth-order valence-corrected chi connectivity index (χ4v) is 2.04. The van der Waals surface area contributed by atoms with Gasteiger partial charge in [0.2, 0.25) is 5.91 Å². The first-order valence-corrected chi connectivity index (χ1v) is 7.72. The van der Waals surface area contributed by atoms with Gasteiger partial charge in [0.15, 0.2) is 0 Å². The third kappa shape index (κ3) is 5.80. The number of sulfone groups is 1. The molecule has 1 rings (SSSR count). The molecule has 1 atom stereocenters. The standard InChI is InChI=1S/C10H16N4O5S/c1-20(18,19)3-2-8(11)10(17)13-7-4-12-14(5-7)6-9(15)16/h4-5,8H,2-3,6,11H2,1H3,(H,13,17)(H,15,16). The van der Waals surface area contributed by atoms with Crippen LogP contribution in [0.4, 0.5) is 5.69 Å². The fourth-order valence-electron chi connectivity index (χ4n) is 1.36. The summed E-state index contributed by atoms with van der Waals surface area (Å²) in [7, 11) is -3.18. The molecule has 20 heavy (non-hydrogen) atoms. The number of nitrogens with zero attached hydrogens (tertiary/aromatic N) is 2. The van der Waals surface area contributed by atoms with Crippen LogP contribution in [0.15, 0.2) is 12.4 Å². The second kappa shape index (κ2) is 6.48. The molecule has 0 aliphatic heterocycles. The first kappa shape index (κ1) is 16.1. The van der Waals surface area contributed by atoms with Crippen molar-refractivity contribution in [2.75, 3.05) is 17.3 Å². The van der Waals surface area contributed by atoms with E-state index in [1.165, 1.54) is 12.4 Å². The molecule has 0 radical (unpaired) electrons. The summed E-state index contributed by atoms with van der Waals surface area (Å²) in [5.41, 5.74) is 5.86. The molecule has 0 fully saturated rings. The number of carboxylic acid groups (broad SMARTS) is 1. The van der Waals surface area contributed by atoms with Gasteiger partial charge in [0.05, 0.1) is 23.7 Å². The predicted molar refractivity (Wildman–Crippen MR) is 70.8 cm³/mol. The lowest BCUT2D eigenvalue weighted by molar-refractivity contribution is -0.137. The molecule has 0 spiro atoms. The van der Waals surface area contributed by atoms with Crippen LogP contribution in [0.25, 0.3) is 0 Å². The topological polar surface area (TPSA) is 144 Å². The maximum absolute atomic E-state index is 11.7. The van der Waals surface area contributed by atoms with Gasteiger partial charge in [-0.1, -0.05) is 0 Å². The largest absolute Gasteiger partial charge is 0.480 e. The first-order chi connectivity index (χ1) is 9.17. The smallest absolute Gasteiger partial charge is 0.325 e. The Bertz CT molecular complexity index is 595. The molecular formula is C10H16N4O5S. The third-order valence-corrected chi connectivity index (χ3v) is 3.31. The zero-order valence-corrected chi connectivity index (χ0v) is 11.6. The average molecular weight is 304 g/mol. The lowest BCUT2D eigenvalue weighted by Gasteiger charge is -2.10. The lowest BCUT2D eigenvalue weighted by Crippen LogP contribution is -2.37. The Morgan fingerprint density at radius 1 is 1.55 bits per heavy atom. The first-order valence-electron chi connectivity index (χ1n) is 5.66. The molecule has 1 aromatic heterocycles. The second-order valence-corrected chi connectivity index (χ2v) is 6.59. The van der Waals surface area contributed by atoms with Crippen molar-refractivity contribution in [1.29, 1.82) is 0 Å². The second-order valence-electron chi connectivity index (χ2n) is 4.33. The number of nitrogens with one attached hydrogen (secondary N) is 1. The molecule has 1 heterocycles. The van der Waals surface area contributed by atoms with Gasteiger partial charge in [-0.25, -0.2) is 8.42 Å². The van der Waals surface area contributed by atoms with Crippen molar-refractivity contribution in [2.24, 2.45) is 5.73 Å². The van der Waals surface area contributed by atoms with Gasteiger partial charge in [0, 0.05) is 12.5 Å². The van der Waals surface area contributed by atoms with Crippen LogP contribution in [0, 0.1) is 0 Å². The number of hydrogen-bond acceptors (Lipinski definition) is 6. The monoisotopic (exact) mass is 304 g/mol. The summed E-state index contributed by atoms with van der Waals surface area (Å²) < 4.78 is 23.1. The molecule has 0 aliphatic carbocycles. The molecule has 0 aromatic carbocycles. The van der Waals surface area contributed by atoms with Crippen LogP contribution in [0.1, 0.15) is 6.42 Å². The molecule has 0 bridgehead atoms. The van der Waals surface area contributed by atoms with Gasteiger partial charge < -0.3 is 16.2 Å². The maximum atomic E-state index is 11.7. The number of rotatable bonds is 7. The van der Waals surface area contributed by atoms with Gasteiger partial charge in [0.25, 0.3) is 0 Å². The Morgan fingerprint density at radius 3 is 2.75 bits per heavy atom. The molecule has 1 amide bonds. The highest BCUT2D eigenvalue weighted by Gasteiger charge is 2.16. The molecule has 9 nitrogen and oxygen atoms in total. The minimum absolute atomic E-state index is 0.00787. The van der Waals surface area contributed by atoms with E-state index in [0.717, 1.165) is 10.9 Å². The van der Waals surface area contributed by atoms with Crippen LogP contribution in [0.3, 0.4) is 0 Å². The summed E-state index contributed by atoms with van der Waals surface area (Å²) in [6, 6.07) is -0.965. The van der Waals surface area contributed by atoms with Crippen molar-refractivity contribution in [3.05, 3.63) is 12.4 Å². The number of aliphatic carboxylic acids is 1. The number of hydrogen-bond donors (Lipinski definition) is 3. The number of nitrogens with two attached hydrogens (primary N) is 1. The van der Waals surface area contributed by atoms with Gasteiger partial charge in [-0.15, -0.1) is 0 Å². The quantitative estimate of drug-likeness (QED) is 0.565. The van der Waals surface area contributed by atoms with Gasteiger partial charge in [-0.3, -0.25) is 14.3 Å². The molecular weight excluding hydrogens is 288 g/mol. The maximum Gasteiger partial charge on any atom is 0.325 e. The zero-order chi connectivity index (χ0) is 15.3. The van der Waals surface area contributed by atoms with Gasteiger partial charge in [-0.05, 0) is 6.42 Å². The van der Waals surface area contributed by atoms with Gasteiger partial charge in [-0.2, -0.15) is 5.10 Å². The van der Waals surface area contributed by atoms with E-state index in [-0.39, 0.29) is 18.7 Å². The van der Waals surface area contributed by atoms with E-state index in [4.69, 9.17) is 10.8 Å². The van der Waals surface area contributed by atoms with E-state index in [1.807, 2.05) is 0 Å². The highest BCUT2D eigenvalue weighted by molar-refractivity contribution is 7.90. The van der Waals surface area contributed by atoms with Crippen molar-refractivity contribution in [3.8, 4) is 0 Å². The Kier molecular flexibility index (Phi) is 5.22. The zero-order valence-electron chi connectivity index (χ0n) is 10.8. The van der Waals surface area contributed by atoms with E-state index in [9.17, 15) is 18.0 Å². The number of carbonyl (C=O) groups is 2. The van der Waals surface area contributed by atoms with E-state index in [0.29, 0.717) is 5.69 Å². The van der Waals surface area contributed by atoms with E-state index < -0.39 is 27.8 Å². The van der Waals surface area contributed by atoms with Gasteiger partial charge in [0.1, 0.15) is 16.4 Å².